The third-order valence-corrected chi connectivity index (χ3v) is 1.07. The fourth-order valence-corrected chi connectivity index (χ4v) is 0.605. The van der Waals surface area contributed by atoms with Crippen LogP contribution in [-0.4, -0.2) is 28.6 Å². The molecule has 0 radical (unpaired) electrons. The Morgan fingerprint density at radius 1 is 1.64 bits per heavy atom. The summed E-state index contributed by atoms with van der Waals surface area (Å²) in [5.41, 5.74) is -0.00463. The van der Waals surface area contributed by atoms with E-state index < -0.39 is 19.9 Å². The van der Waals surface area contributed by atoms with E-state index in [1.807, 2.05) is 0 Å². The number of hydrogen-bond acceptors (Lipinski definition) is 3. The van der Waals surface area contributed by atoms with Crippen molar-refractivity contribution in [3.63, 3.8) is 0 Å². The van der Waals surface area contributed by atoms with Crippen LogP contribution < -0.4 is 0 Å². The molecule has 0 saturated carbocycles. The lowest BCUT2D eigenvalue weighted by Gasteiger charge is -2.04. The summed E-state index contributed by atoms with van der Waals surface area (Å²) in [6.45, 7) is 3.29. The predicted octanol–water partition coefficient (Wildman–Crippen LogP) is -0.211. The van der Waals surface area contributed by atoms with Gasteiger partial charge in [0.2, 0.25) is 0 Å². The van der Waals surface area contributed by atoms with Gasteiger partial charge in [-0.05, 0) is 5.47 Å². The van der Waals surface area contributed by atoms with Crippen LogP contribution in [0.4, 0.5) is 4.39 Å². The van der Waals surface area contributed by atoms with E-state index in [9.17, 15) is 4.39 Å². The number of allylic oxidation sites excluding steroid dienone is 2. The normalized spacial score (nSPS) is 14.4. The maximum atomic E-state index is 11.9. The minimum absolute atomic E-state index is 0.00463. The molecule has 62 valence electrons. The van der Waals surface area contributed by atoms with Crippen LogP contribution in [0.1, 0.15) is 6.42 Å². The van der Waals surface area contributed by atoms with Crippen molar-refractivity contribution in [2.45, 2.75) is 12.8 Å². The van der Waals surface area contributed by atoms with E-state index in [0.29, 0.717) is 0 Å². The number of alkyl halides is 1. The van der Waals surface area contributed by atoms with E-state index >= 15 is 0 Å². The topological polar surface area (TPSA) is 60.7 Å². The SMILES string of the molecule is C=C/C=C(\CC(O)F)B(O)O. The standard InChI is InChI=1S/C6H10BFO3/c1-2-3-5(7(10)11)4-6(8)9/h2-3,6,9-11H,1,4H2/b5-3+. The number of aliphatic hydroxyl groups is 1. The van der Waals surface area contributed by atoms with Gasteiger partial charge < -0.3 is 15.2 Å². The van der Waals surface area contributed by atoms with Crippen molar-refractivity contribution in [1.29, 1.82) is 0 Å². The molecule has 5 heteroatoms. The first kappa shape index (κ1) is 10.4. The molecule has 0 amide bonds. The maximum Gasteiger partial charge on any atom is 0.484 e. The molecule has 0 fully saturated rings. The molecule has 3 N–H and O–H groups in total. The Balaban J connectivity index is 4.11. The largest absolute Gasteiger partial charge is 0.484 e. The van der Waals surface area contributed by atoms with E-state index in [2.05, 4.69) is 6.58 Å². The van der Waals surface area contributed by atoms with Crippen molar-refractivity contribution in [1.82, 2.24) is 0 Å². The summed E-state index contributed by atoms with van der Waals surface area (Å²) >= 11 is 0. The van der Waals surface area contributed by atoms with Crippen molar-refractivity contribution in [3.8, 4) is 0 Å². The third kappa shape index (κ3) is 4.72. The Morgan fingerprint density at radius 2 is 2.18 bits per heavy atom. The molecule has 0 aliphatic carbocycles. The van der Waals surface area contributed by atoms with E-state index in [0.717, 1.165) is 0 Å². The van der Waals surface area contributed by atoms with Gasteiger partial charge >= 0.3 is 7.12 Å². The van der Waals surface area contributed by atoms with Crippen molar-refractivity contribution in [2.75, 3.05) is 0 Å². The van der Waals surface area contributed by atoms with Crippen LogP contribution in [0, 0.1) is 0 Å². The van der Waals surface area contributed by atoms with Crippen LogP contribution in [0.15, 0.2) is 24.2 Å². The molecule has 0 aliphatic rings. The molecule has 0 heterocycles. The van der Waals surface area contributed by atoms with Crippen LogP contribution >= 0.6 is 0 Å². The van der Waals surface area contributed by atoms with E-state index in [1.54, 1.807) is 0 Å². The second-order valence-corrected chi connectivity index (χ2v) is 1.99. The van der Waals surface area contributed by atoms with Crippen LogP contribution in [0.2, 0.25) is 0 Å². The van der Waals surface area contributed by atoms with Crippen molar-refractivity contribution < 1.29 is 19.5 Å². The van der Waals surface area contributed by atoms with Crippen molar-refractivity contribution in [2.24, 2.45) is 0 Å². The average molecular weight is 160 g/mol. The summed E-state index contributed by atoms with van der Waals surface area (Å²) in [7, 11) is -1.74. The third-order valence-electron chi connectivity index (χ3n) is 1.07. The Labute approximate surface area is 64.6 Å². The summed E-state index contributed by atoms with van der Waals surface area (Å²) in [5.74, 6) is 0. The lowest BCUT2D eigenvalue weighted by atomic mass is 9.77. The van der Waals surface area contributed by atoms with Crippen molar-refractivity contribution in [3.05, 3.63) is 24.2 Å². The van der Waals surface area contributed by atoms with Gasteiger partial charge in [0.15, 0.2) is 6.36 Å². The van der Waals surface area contributed by atoms with E-state index in [1.165, 1.54) is 12.2 Å². The van der Waals surface area contributed by atoms with Gasteiger partial charge in [0.1, 0.15) is 0 Å². The predicted molar refractivity (Wildman–Crippen MR) is 40.2 cm³/mol. The van der Waals surface area contributed by atoms with Crippen LogP contribution in [0.3, 0.4) is 0 Å². The van der Waals surface area contributed by atoms with Crippen LogP contribution in [0.5, 0.6) is 0 Å². The Hall–Kier alpha value is -0.645. The van der Waals surface area contributed by atoms with E-state index in [-0.39, 0.29) is 5.47 Å². The minimum Gasteiger partial charge on any atom is -0.423 e. The maximum absolute atomic E-state index is 11.9. The minimum atomic E-state index is -2.07. The van der Waals surface area contributed by atoms with Gasteiger partial charge in [-0.1, -0.05) is 18.7 Å². The van der Waals surface area contributed by atoms with Gasteiger partial charge in [0.05, 0.1) is 0 Å². The number of rotatable bonds is 4. The first-order valence-electron chi connectivity index (χ1n) is 3.07. The Kier molecular flexibility index (Phi) is 4.77. The van der Waals surface area contributed by atoms with Crippen LogP contribution in [0.25, 0.3) is 0 Å². The fraction of sp³-hybridized carbons (Fsp3) is 0.333. The first-order chi connectivity index (χ1) is 5.07. The molecule has 0 rings (SSSR count). The highest BCUT2D eigenvalue weighted by atomic mass is 19.1. The molecule has 11 heavy (non-hydrogen) atoms. The molecule has 1 atom stereocenters. The summed E-state index contributed by atoms with van der Waals surface area (Å²) < 4.78 is 11.9. The zero-order valence-corrected chi connectivity index (χ0v) is 5.94. The number of halogens is 1. The zero-order valence-electron chi connectivity index (χ0n) is 5.94. The van der Waals surface area contributed by atoms with Gasteiger partial charge in [0.25, 0.3) is 0 Å². The molecule has 0 spiro atoms. The molecule has 0 aliphatic heterocycles. The quantitative estimate of drug-likeness (QED) is 0.393. The fourth-order valence-electron chi connectivity index (χ4n) is 0.605. The highest BCUT2D eigenvalue weighted by molar-refractivity contribution is 6.50. The Bertz CT molecular complexity index is 156. The van der Waals surface area contributed by atoms with Gasteiger partial charge in [0, 0.05) is 6.42 Å². The molecule has 3 nitrogen and oxygen atoms in total. The second kappa shape index (κ2) is 5.06. The molecule has 0 bridgehead atoms. The average Bonchev–Trinajstić information content (AvgIpc) is 1.86. The number of hydrogen-bond donors (Lipinski definition) is 3. The first-order valence-corrected chi connectivity index (χ1v) is 3.07. The molecule has 0 aromatic heterocycles. The second-order valence-electron chi connectivity index (χ2n) is 1.99. The van der Waals surface area contributed by atoms with E-state index in [4.69, 9.17) is 15.2 Å². The Morgan fingerprint density at radius 3 is 2.45 bits per heavy atom. The highest BCUT2D eigenvalue weighted by Gasteiger charge is 2.16. The summed E-state index contributed by atoms with van der Waals surface area (Å²) in [6, 6.07) is 0. The monoisotopic (exact) mass is 160 g/mol. The van der Waals surface area contributed by atoms with Gasteiger partial charge in [-0.15, -0.1) is 0 Å². The molecule has 0 aromatic rings. The molecule has 0 saturated heterocycles. The smallest absolute Gasteiger partial charge is 0.423 e. The molecule has 0 aromatic carbocycles. The summed E-state index contributed by atoms with van der Waals surface area (Å²) in [6.07, 6.45) is 0.0527. The van der Waals surface area contributed by atoms with Gasteiger partial charge in [-0.25, -0.2) is 4.39 Å². The number of aliphatic hydroxyl groups excluding tert-OH is 1. The van der Waals surface area contributed by atoms with Gasteiger partial charge in [-0.3, -0.25) is 0 Å². The summed E-state index contributed by atoms with van der Waals surface area (Å²) in [5, 5.41) is 25.3. The summed E-state index contributed by atoms with van der Waals surface area (Å²) in [4.78, 5) is 0. The lowest BCUT2D eigenvalue weighted by molar-refractivity contribution is 0.0435. The molecular weight excluding hydrogens is 150 g/mol. The van der Waals surface area contributed by atoms with Gasteiger partial charge in [-0.2, -0.15) is 0 Å². The molecular formula is C6H10BFO3. The zero-order chi connectivity index (χ0) is 8.85. The van der Waals surface area contributed by atoms with Crippen molar-refractivity contribution >= 4 is 7.12 Å². The molecule has 1 unspecified atom stereocenters. The lowest BCUT2D eigenvalue weighted by Crippen LogP contribution is -2.18. The van der Waals surface area contributed by atoms with Crippen LogP contribution in [-0.2, 0) is 0 Å². The highest BCUT2D eigenvalue weighted by Crippen LogP contribution is 2.07.